The molecule has 0 aromatic carbocycles. The molecule has 0 atom stereocenters. The summed E-state index contributed by atoms with van der Waals surface area (Å²) < 4.78 is 2.62. The predicted molar refractivity (Wildman–Crippen MR) is 35.8 cm³/mol. The Labute approximate surface area is 57.5 Å². The minimum absolute atomic E-state index is 0.235. The molecule has 0 aromatic rings. The van der Waals surface area contributed by atoms with Crippen molar-refractivity contribution in [1.82, 2.24) is 0 Å². The fourth-order valence-corrected chi connectivity index (χ4v) is 2.52. The van der Waals surface area contributed by atoms with Crippen LogP contribution in [0.4, 0.5) is 0 Å². The summed E-state index contributed by atoms with van der Waals surface area (Å²) in [6.45, 7) is 7.29. The monoisotopic (exact) mass is 290 g/mol. The van der Waals surface area contributed by atoms with Crippen molar-refractivity contribution in [2.75, 3.05) is 0 Å². The van der Waals surface area contributed by atoms with Gasteiger partial charge in [0.25, 0.3) is 0 Å². The SMILES string of the molecule is C=C[CH2][Pb][CH2]C=C. The topological polar surface area (TPSA) is 0 Å². The molecule has 0 aliphatic rings. The summed E-state index contributed by atoms with van der Waals surface area (Å²) in [5.41, 5.74) is 0. The van der Waals surface area contributed by atoms with Crippen molar-refractivity contribution >= 4 is 24.2 Å². The van der Waals surface area contributed by atoms with E-state index in [1.807, 2.05) is 12.2 Å². The maximum absolute atomic E-state index is 3.65. The molecular formula is C6H10Pb. The van der Waals surface area contributed by atoms with E-state index in [1.165, 1.54) is 7.96 Å². The predicted octanol–water partition coefficient (Wildman–Crippen LogP) is 1.90. The third kappa shape index (κ3) is 6.40. The fraction of sp³-hybridized carbons (Fsp3) is 0.333. The average molecular weight is 289 g/mol. The van der Waals surface area contributed by atoms with Crippen LogP contribution < -0.4 is 0 Å². The molecule has 0 aliphatic heterocycles. The molecule has 0 fully saturated rings. The molecule has 0 saturated carbocycles. The third-order valence-electron chi connectivity index (χ3n) is 0.577. The number of rotatable bonds is 4. The van der Waals surface area contributed by atoms with Crippen LogP contribution in [0.1, 0.15) is 0 Å². The molecule has 2 radical (unpaired) electrons. The first kappa shape index (κ1) is 7.40. The fourth-order valence-electron chi connectivity index (χ4n) is 0.287. The van der Waals surface area contributed by atoms with Crippen molar-refractivity contribution in [3.8, 4) is 0 Å². The summed E-state index contributed by atoms with van der Waals surface area (Å²) in [4.78, 5) is 0. The Balaban J connectivity index is 2.68. The van der Waals surface area contributed by atoms with Crippen LogP contribution >= 0.6 is 0 Å². The zero-order valence-corrected chi connectivity index (χ0v) is 8.37. The average Bonchev–Trinajstić information content (AvgIpc) is 1.69. The van der Waals surface area contributed by atoms with Crippen LogP contribution in [-0.4, -0.2) is 24.2 Å². The van der Waals surface area contributed by atoms with Gasteiger partial charge in [0.15, 0.2) is 0 Å². The second kappa shape index (κ2) is 6.40. The summed E-state index contributed by atoms with van der Waals surface area (Å²) in [5, 5.41) is 0. The van der Waals surface area contributed by atoms with Crippen LogP contribution in [-0.2, 0) is 0 Å². The Hall–Kier alpha value is 0.402. The normalized spacial score (nSPS) is 8.00. The van der Waals surface area contributed by atoms with E-state index in [0.717, 1.165) is 0 Å². The van der Waals surface area contributed by atoms with Crippen molar-refractivity contribution < 1.29 is 0 Å². The van der Waals surface area contributed by atoms with Crippen LogP contribution in [0.25, 0.3) is 0 Å². The van der Waals surface area contributed by atoms with E-state index in [4.69, 9.17) is 0 Å². The van der Waals surface area contributed by atoms with E-state index in [-0.39, 0.29) is 24.2 Å². The van der Waals surface area contributed by atoms with E-state index in [1.54, 1.807) is 0 Å². The Bertz CT molecular complexity index is 49.2. The first-order chi connectivity index (χ1) is 3.41. The first-order valence-corrected chi connectivity index (χ1v) is 7.84. The van der Waals surface area contributed by atoms with Crippen molar-refractivity contribution in [3.05, 3.63) is 25.3 Å². The summed E-state index contributed by atoms with van der Waals surface area (Å²) in [5.74, 6) is 0. The third-order valence-corrected chi connectivity index (χ3v) is 5.07. The van der Waals surface area contributed by atoms with Crippen LogP contribution in [0.15, 0.2) is 25.3 Å². The Morgan fingerprint density at radius 2 is 1.57 bits per heavy atom. The molecule has 0 aliphatic carbocycles. The number of hydrogen-bond acceptors (Lipinski definition) is 0. The van der Waals surface area contributed by atoms with Gasteiger partial charge in [0.1, 0.15) is 0 Å². The molecule has 0 spiro atoms. The van der Waals surface area contributed by atoms with Gasteiger partial charge in [-0.05, 0) is 0 Å². The van der Waals surface area contributed by atoms with Gasteiger partial charge in [-0.1, -0.05) is 0 Å². The molecule has 0 bridgehead atoms. The van der Waals surface area contributed by atoms with Gasteiger partial charge in [0.2, 0.25) is 0 Å². The molecule has 0 amide bonds. The van der Waals surface area contributed by atoms with E-state index < -0.39 is 0 Å². The second-order valence-corrected chi connectivity index (χ2v) is 6.35. The molecule has 0 N–H and O–H groups in total. The zero-order valence-electron chi connectivity index (χ0n) is 4.48. The number of allylic oxidation sites excluding steroid dienone is 2. The molecule has 7 heavy (non-hydrogen) atoms. The molecule has 0 rings (SSSR count). The van der Waals surface area contributed by atoms with Crippen LogP contribution in [0.5, 0.6) is 0 Å². The molecule has 38 valence electrons. The van der Waals surface area contributed by atoms with Gasteiger partial charge in [-0.25, -0.2) is 0 Å². The maximum atomic E-state index is 3.65. The Kier molecular flexibility index (Phi) is 6.77. The van der Waals surface area contributed by atoms with Crippen molar-refractivity contribution in [1.29, 1.82) is 0 Å². The van der Waals surface area contributed by atoms with Gasteiger partial charge >= 0.3 is 57.5 Å². The van der Waals surface area contributed by atoms with Gasteiger partial charge in [-0.2, -0.15) is 0 Å². The quantitative estimate of drug-likeness (QED) is 0.421. The van der Waals surface area contributed by atoms with Gasteiger partial charge in [0.05, 0.1) is 0 Å². The van der Waals surface area contributed by atoms with Crippen molar-refractivity contribution in [2.45, 2.75) is 7.96 Å². The Morgan fingerprint density at radius 1 is 1.14 bits per heavy atom. The molecule has 0 heterocycles. The van der Waals surface area contributed by atoms with E-state index in [2.05, 4.69) is 13.2 Å². The van der Waals surface area contributed by atoms with E-state index in [9.17, 15) is 0 Å². The summed E-state index contributed by atoms with van der Waals surface area (Å²) >= 11 is -0.235. The summed E-state index contributed by atoms with van der Waals surface area (Å²) in [6.07, 6.45) is 4.04. The van der Waals surface area contributed by atoms with Crippen molar-refractivity contribution in [2.24, 2.45) is 0 Å². The molecule has 0 aromatic heterocycles. The van der Waals surface area contributed by atoms with E-state index in [0.29, 0.717) is 0 Å². The van der Waals surface area contributed by atoms with Crippen LogP contribution in [0.3, 0.4) is 0 Å². The van der Waals surface area contributed by atoms with Gasteiger partial charge < -0.3 is 0 Å². The summed E-state index contributed by atoms with van der Waals surface area (Å²) in [7, 11) is 0. The van der Waals surface area contributed by atoms with Gasteiger partial charge in [-0.15, -0.1) is 0 Å². The molecule has 0 saturated heterocycles. The zero-order chi connectivity index (χ0) is 5.54. The van der Waals surface area contributed by atoms with Crippen LogP contribution in [0.2, 0.25) is 7.96 Å². The van der Waals surface area contributed by atoms with Crippen molar-refractivity contribution in [3.63, 3.8) is 0 Å². The molecule has 0 unspecified atom stereocenters. The molecule has 1 heteroatoms. The van der Waals surface area contributed by atoms with Gasteiger partial charge in [-0.3, -0.25) is 0 Å². The van der Waals surface area contributed by atoms with Crippen LogP contribution in [0, 0.1) is 0 Å². The standard InChI is InChI=1S/2C3H5.Pb/c2*1-3-2;/h2*3H,1-2H2;. The summed E-state index contributed by atoms with van der Waals surface area (Å²) in [6, 6.07) is 0. The van der Waals surface area contributed by atoms with E-state index >= 15 is 0 Å². The Morgan fingerprint density at radius 3 is 1.86 bits per heavy atom. The van der Waals surface area contributed by atoms with Gasteiger partial charge in [0, 0.05) is 0 Å². The number of hydrogen-bond donors (Lipinski definition) is 0. The minimum atomic E-state index is -0.235. The molecular weight excluding hydrogens is 279 g/mol. The molecule has 0 nitrogen and oxygen atoms in total. The second-order valence-electron chi connectivity index (χ2n) is 1.24. The first-order valence-electron chi connectivity index (χ1n) is 2.34.